The maximum absolute atomic E-state index is 12.4. The van der Waals surface area contributed by atoms with E-state index in [1.165, 1.54) is 13.8 Å². The van der Waals surface area contributed by atoms with E-state index in [4.69, 9.17) is 23.5 Å². The van der Waals surface area contributed by atoms with E-state index in [-0.39, 0.29) is 19.1 Å². The minimum atomic E-state index is -2.91. The molecule has 0 saturated carbocycles. The van der Waals surface area contributed by atoms with Gasteiger partial charge in [-0.05, 0) is 26.0 Å². The summed E-state index contributed by atoms with van der Waals surface area (Å²) in [6.07, 6.45) is -2.33. The van der Waals surface area contributed by atoms with Crippen LogP contribution in [0, 0.1) is 0 Å². The van der Waals surface area contributed by atoms with Crippen LogP contribution in [0.3, 0.4) is 0 Å². The second kappa shape index (κ2) is 8.92. The van der Waals surface area contributed by atoms with Crippen molar-refractivity contribution in [3.63, 3.8) is 0 Å². The van der Waals surface area contributed by atoms with Gasteiger partial charge in [0.05, 0.1) is 18.3 Å². The van der Waals surface area contributed by atoms with Crippen molar-refractivity contribution in [2.75, 3.05) is 26.7 Å². The van der Waals surface area contributed by atoms with Crippen LogP contribution in [0.25, 0.3) is 0 Å². The first kappa shape index (κ1) is 20.1. The minimum Gasteiger partial charge on any atom is -0.450 e. The summed E-state index contributed by atoms with van der Waals surface area (Å²) < 4.78 is 39.6. The second-order valence-electron chi connectivity index (χ2n) is 6.18. The van der Waals surface area contributed by atoms with Crippen LogP contribution in [-0.4, -0.2) is 57.3 Å². The highest BCUT2D eigenvalue weighted by molar-refractivity contribution is 7.57. The lowest BCUT2D eigenvalue weighted by molar-refractivity contribution is -0.139. The Kier molecular flexibility index (Phi) is 7.16. The number of hydrogen-bond donors (Lipinski definition) is 0. The van der Waals surface area contributed by atoms with E-state index in [9.17, 15) is 9.36 Å². The second-order valence-corrected chi connectivity index (χ2v) is 8.67. The van der Waals surface area contributed by atoms with Crippen LogP contribution in [0.4, 0.5) is 0 Å². The van der Waals surface area contributed by atoms with Crippen molar-refractivity contribution in [3.05, 3.63) is 35.9 Å². The summed E-state index contributed by atoms with van der Waals surface area (Å²) in [5, 5.41) is 0. The van der Waals surface area contributed by atoms with Crippen molar-refractivity contribution in [2.24, 2.45) is 0 Å². The lowest BCUT2D eigenvalue weighted by Gasteiger charge is -2.24. The molecule has 25 heavy (non-hydrogen) atoms. The molecule has 1 heterocycles. The maximum Gasteiger partial charge on any atom is 0.338 e. The van der Waals surface area contributed by atoms with Crippen LogP contribution in [0.2, 0.25) is 0 Å². The molecule has 0 bridgehead atoms. The van der Waals surface area contributed by atoms with E-state index in [2.05, 4.69) is 0 Å². The molecule has 0 amide bonds. The smallest absolute Gasteiger partial charge is 0.338 e. The summed E-state index contributed by atoms with van der Waals surface area (Å²) in [5.74, 6) is -0.495. The van der Waals surface area contributed by atoms with Gasteiger partial charge in [-0.2, -0.15) is 0 Å². The Hall–Kier alpha value is -1.24. The molecule has 1 saturated heterocycles. The van der Waals surface area contributed by atoms with Gasteiger partial charge in [-0.15, -0.1) is 0 Å². The fourth-order valence-corrected chi connectivity index (χ4v) is 3.92. The number of ether oxygens (including phenoxy) is 4. The summed E-state index contributed by atoms with van der Waals surface area (Å²) in [7, 11) is -1.45. The molecule has 4 atom stereocenters. The first-order valence-corrected chi connectivity index (χ1v) is 10.3. The molecule has 1 aromatic rings. The highest BCUT2D eigenvalue weighted by atomic mass is 31.2. The molecule has 1 aliphatic rings. The number of benzene rings is 1. The molecule has 140 valence electrons. The molecule has 1 aromatic carbocycles. The van der Waals surface area contributed by atoms with Gasteiger partial charge in [0.2, 0.25) is 7.37 Å². The van der Waals surface area contributed by atoms with E-state index < -0.39 is 31.8 Å². The van der Waals surface area contributed by atoms with E-state index >= 15 is 0 Å². The lowest BCUT2D eigenvalue weighted by Crippen LogP contribution is -2.38. The number of carbonyl (C=O) groups excluding carboxylic acids is 1. The Bertz CT molecular complexity index is 604. The first-order chi connectivity index (χ1) is 11.8. The third kappa shape index (κ3) is 5.90. The third-order valence-electron chi connectivity index (χ3n) is 3.50. The van der Waals surface area contributed by atoms with E-state index in [0.29, 0.717) is 5.56 Å². The standard InChI is InChI=1S/C17H25O7P/c1-12(2)24-25(4,19)11-22-14-10-21-17(20-3)15(14)23-16(18)13-8-6-5-7-9-13/h5-9,12,14-15,17H,10-11H2,1-4H3/t14-,15+,17?,25?/m0/s1. The van der Waals surface area contributed by atoms with Crippen LogP contribution < -0.4 is 0 Å². The van der Waals surface area contributed by atoms with Gasteiger partial charge in [0.25, 0.3) is 0 Å². The normalized spacial score (nSPS) is 25.7. The molecular formula is C17H25O7P. The Balaban J connectivity index is 2.00. The summed E-state index contributed by atoms with van der Waals surface area (Å²) in [5.41, 5.74) is 0.423. The summed E-state index contributed by atoms with van der Waals surface area (Å²) in [6.45, 7) is 5.30. The predicted molar refractivity (Wildman–Crippen MR) is 91.9 cm³/mol. The SMILES string of the molecule is COC1OC[C@H](OCP(C)(=O)OC(C)C)[C@H]1OC(=O)c1ccccc1. The molecule has 1 fully saturated rings. The number of esters is 1. The quantitative estimate of drug-likeness (QED) is 0.513. The molecule has 0 radical (unpaired) electrons. The van der Waals surface area contributed by atoms with Gasteiger partial charge in [0, 0.05) is 13.8 Å². The van der Waals surface area contributed by atoms with Crippen LogP contribution in [-0.2, 0) is 28.0 Å². The molecule has 8 heteroatoms. The van der Waals surface area contributed by atoms with Gasteiger partial charge in [-0.3, -0.25) is 4.57 Å². The van der Waals surface area contributed by atoms with Gasteiger partial charge in [0.15, 0.2) is 12.4 Å². The summed E-state index contributed by atoms with van der Waals surface area (Å²) in [6, 6.07) is 8.63. The Morgan fingerprint density at radius 2 is 2.00 bits per heavy atom. The largest absolute Gasteiger partial charge is 0.450 e. The third-order valence-corrected chi connectivity index (χ3v) is 4.99. The molecule has 2 rings (SSSR count). The van der Waals surface area contributed by atoms with Crippen LogP contribution in [0.15, 0.2) is 30.3 Å². The molecule has 1 aliphatic heterocycles. The Morgan fingerprint density at radius 3 is 2.60 bits per heavy atom. The van der Waals surface area contributed by atoms with Crippen molar-refractivity contribution in [2.45, 2.75) is 38.4 Å². The molecule has 0 aliphatic carbocycles. The van der Waals surface area contributed by atoms with E-state index in [1.54, 1.807) is 38.1 Å². The maximum atomic E-state index is 12.4. The van der Waals surface area contributed by atoms with Gasteiger partial charge in [0.1, 0.15) is 12.5 Å². The first-order valence-electron chi connectivity index (χ1n) is 8.09. The van der Waals surface area contributed by atoms with Crippen molar-refractivity contribution in [3.8, 4) is 0 Å². The fraction of sp³-hybridized carbons (Fsp3) is 0.588. The number of rotatable bonds is 8. The van der Waals surface area contributed by atoms with E-state index in [1.807, 2.05) is 6.07 Å². The predicted octanol–water partition coefficient (Wildman–Crippen LogP) is 2.89. The molecule has 0 aromatic heterocycles. The number of methoxy groups -OCH3 is 1. The zero-order valence-electron chi connectivity index (χ0n) is 14.9. The molecular weight excluding hydrogens is 347 g/mol. The monoisotopic (exact) mass is 372 g/mol. The van der Waals surface area contributed by atoms with Crippen LogP contribution in [0.5, 0.6) is 0 Å². The summed E-state index contributed by atoms with van der Waals surface area (Å²) in [4.78, 5) is 12.3. The zero-order valence-corrected chi connectivity index (χ0v) is 15.8. The number of hydrogen-bond acceptors (Lipinski definition) is 7. The van der Waals surface area contributed by atoms with Gasteiger partial charge < -0.3 is 23.5 Å². The van der Waals surface area contributed by atoms with Crippen LogP contribution in [0.1, 0.15) is 24.2 Å². The Morgan fingerprint density at radius 1 is 1.32 bits per heavy atom. The number of carbonyl (C=O) groups is 1. The van der Waals surface area contributed by atoms with E-state index in [0.717, 1.165) is 0 Å². The van der Waals surface area contributed by atoms with Crippen molar-refractivity contribution in [1.29, 1.82) is 0 Å². The van der Waals surface area contributed by atoms with Crippen LogP contribution >= 0.6 is 7.37 Å². The highest BCUT2D eigenvalue weighted by Crippen LogP contribution is 2.44. The molecule has 2 unspecified atom stereocenters. The van der Waals surface area contributed by atoms with Gasteiger partial charge in [-0.25, -0.2) is 4.79 Å². The van der Waals surface area contributed by atoms with Crippen molar-refractivity contribution < 1.29 is 32.8 Å². The van der Waals surface area contributed by atoms with Crippen molar-refractivity contribution in [1.82, 2.24) is 0 Å². The van der Waals surface area contributed by atoms with Crippen molar-refractivity contribution >= 4 is 13.3 Å². The lowest BCUT2D eigenvalue weighted by atomic mass is 10.2. The fourth-order valence-electron chi connectivity index (χ4n) is 2.50. The minimum absolute atomic E-state index is 0.0883. The van der Waals surface area contributed by atoms with Gasteiger partial charge >= 0.3 is 5.97 Å². The highest BCUT2D eigenvalue weighted by Gasteiger charge is 2.42. The summed E-state index contributed by atoms with van der Waals surface area (Å²) >= 11 is 0. The van der Waals surface area contributed by atoms with Gasteiger partial charge in [-0.1, -0.05) is 18.2 Å². The average molecular weight is 372 g/mol. The topological polar surface area (TPSA) is 80.3 Å². The molecule has 0 spiro atoms. The molecule has 0 N–H and O–H groups in total. The Labute approximate surface area is 148 Å². The average Bonchev–Trinajstić information content (AvgIpc) is 2.94. The zero-order chi connectivity index (χ0) is 18.4. The molecule has 7 nitrogen and oxygen atoms in total.